The molecule has 0 atom stereocenters. The molecule has 11 heteroatoms. The molecule has 42 heavy (non-hydrogen) atoms. The largest absolute Gasteiger partial charge is 0.496 e. The van der Waals surface area contributed by atoms with E-state index in [1.54, 1.807) is 92.9 Å². The van der Waals surface area contributed by atoms with Crippen LogP contribution in [-0.2, 0) is 16.1 Å². The number of aromatic nitrogens is 1. The maximum absolute atomic E-state index is 12.6. The predicted molar refractivity (Wildman–Crippen MR) is 157 cm³/mol. The lowest BCUT2D eigenvalue weighted by Gasteiger charge is -2.12. The number of anilines is 2. The molecule has 0 unspecified atom stereocenters. The quantitative estimate of drug-likeness (QED) is 0.150. The Labute approximate surface area is 242 Å². The van der Waals surface area contributed by atoms with Crippen LogP contribution in [0.5, 0.6) is 11.5 Å². The number of carbonyl (C=O) groups excluding carboxylic acids is 3. The summed E-state index contributed by atoms with van der Waals surface area (Å²) in [7, 11) is 1.53. The molecule has 11 nitrogen and oxygen atoms in total. The average Bonchev–Trinajstić information content (AvgIpc) is 3.50. The zero-order valence-corrected chi connectivity index (χ0v) is 23.2. The fourth-order valence-electron chi connectivity index (χ4n) is 3.81. The fraction of sp³-hybridized carbons (Fsp3) is 0.161. The molecule has 216 valence electrons. The summed E-state index contributed by atoms with van der Waals surface area (Å²) in [6.07, 6.45) is 4.92. The molecule has 3 N–H and O–H groups in total. The summed E-state index contributed by atoms with van der Waals surface area (Å²) in [5.41, 5.74) is 3.16. The van der Waals surface area contributed by atoms with E-state index in [1.807, 2.05) is 0 Å². The topological polar surface area (TPSA) is 141 Å². The Kier molecular flexibility index (Phi) is 9.92. The molecule has 1 heterocycles. The van der Waals surface area contributed by atoms with Crippen LogP contribution < -0.4 is 25.4 Å². The molecule has 4 rings (SSSR count). The molecule has 0 spiro atoms. The molecular formula is C31H30N4O7. The van der Waals surface area contributed by atoms with Gasteiger partial charge < -0.3 is 34.6 Å². The number of amides is 3. The Morgan fingerprint density at radius 3 is 2.50 bits per heavy atom. The summed E-state index contributed by atoms with van der Waals surface area (Å²) < 4.78 is 21.2. The second-order valence-electron chi connectivity index (χ2n) is 9.19. The zero-order chi connectivity index (χ0) is 29.9. The Bertz CT molecular complexity index is 1570. The van der Waals surface area contributed by atoms with Crippen molar-refractivity contribution in [2.45, 2.75) is 26.5 Å². The number of ether oxygens (including phenoxy) is 3. The van der Waals surface area contributed by atoms with Crippen molar-refractivity contribution in [3.8, 4) is 22.8 Å². The third kappa shape index (κ3) is 8.71. The smallest absolute Gasteiger partial charge is 0.412 e. The van der Waals surface area contributed by atoms with Gasteiger partial charge in [0.2, 0.25) is 0 Å². The van der Waals surface area contributed by atoms with Crippen LogP contribution >= 0.6 is 0 Å². The first kappa shape index (κ1) is 29.4. The normalized spacial score (nSPS) is 10.8. The van der Waals surface area contributed by atoms with Gasteiger partial charge >= 0.3 is 18.1 Å². The lowest BCUT2D eigenvalue weighted by molar-refractivity contribution is -0.141. The summed E-state index contributed by atoms with van der Waals surface area (Å²) >= 11 is 0. The highest BCUT2D eigenvalue weighted by Crippen LogP contribution is 2.32. The Balaban J connectivity index is 1.28. The fourth-order valence-corrected chi connectivity index (χ4v) is 3.81. The molecule has 0 fully saturated rings. The number of hydrogen-bond donors (Lipinski definition) is 3. The van der Waals surface area contributed by atoms with Gasteiger partial charge in [-0.2, -0.15) is 0 Å². The third-order valence-electron chi connectivity index (χ3n) is 5.61. The van der Waals surface area contributed by atoms with Crippen molar-refractivity contribution in [2.24, 2.45) is 0 Å². The lowest BCUT2D eigenvalue weighted by atomic mass is 10.1. The molecule has 0 saturated carbocycles. The van der Waals surface area contributed by atoms with E-state index in [1.165, 1.54) is 19.6 Å². The highest BCUT2D eigenvalue weighted by Gasteiger charge is 2.12. The van der Waals surface area contributed by atoms with Crippen molar-refractivity contribution in [3.63, 3.8) is 0 Å². The molecule has 4 aromatic rings. The number of carbonyl (C=O) groups is 3. The number of esters is 1. The van der Waals surface area contributed by atoms with Gasteiger partial charge in [0, 0.05) is 30.1 Å². The minimum atomic E-state index is -0.658. The van der Waals surface area contributed by atoms with Crippen LogP contribution in [0.4, 0.5) is 21.0 Å². The van der Waals surface area contributed by atoms with E-state index >= 15 is 0 Å². The van der Waals surface area contributed by atoms with Gasteiger partial charge in [-0.3, -0.25) is 0 Å². The van der Waals surface area contributed by atoms with Gasteiger partial charge in [-0.05, 0) is 67.4 Å². The number of methoxy groups -OCH3 is 1. The number of nitrogens with one attached hydrogen (secondary N) is 3. The van der Waals surface area contributed by atoms with Gasteiger partial charge in [-0.25, -0.2) is 19.4 Å². The second-order valence-corrected chi connectivity index (χ2v) is 9.19. The van der Waals surface area contributed by atoms with Crippen LogP contribution in [0.1, 0.15) is 25.0 Å². The standard InChI is InChI=1S/C31H30N4O7/c1-20(2)41-29(36)13-10-21-6-5-9-25(15-21)42-31(38)33-17-22-7-4-8-23(14-22)34-30(37)35-24-11-12-26(27(16-24)39-3)28-18-32-19-40-28/h4-16,18-20H,17H2,1-3H3,(H,33,38)(H2,34,35,37)/b13-10+. The molecule has 0 radical (unpaired) electrons. The molecule has 0 aliphatic carbocycles. The molecule has 0 aliphatic rings. The Hall–Kier alpha value is -5.58. The number of nitrogens with zero attached hydrogens (tertiary/aromatic N) is 1. The predicted octanol–water partition coefficient (Wildman–Crippen LogP) is 6.25. The van der Waals surface area contributed by atoms with Gasteiger partial charge in [-0.15, -0.1) is 0 Å². The summed E-state index contributed by atoms with van der Waals surface area (Å²) in [6, 6.07) is 18.4. The van der Waals surface area contributed by atoms with Crippen LogP contribution in [0.25, 0.3) is 17.4 Å². The molecule has 3 amide bonds. The molecule has 0 saturated heterocycles. The number of hydrogen-bond acceptors (Lipinski definition) is 8. The van der Waals surface area contributed by atoms with Crippen molar-refractivity contribution in [2.75, 3.05) is 17.7 Å². The number of rotatable bonds is 10. The molecule has 1 aromatic heterocycles. The first-order valence-electron chi connectivity index (χ1n) is 13.0. The first-order chi connectivity index (χ1) is 20.3. The van der Waals surface area contributed by atoms with Crippen LogP contribution in [-0.4, -0.2) is 36.3 Å². The van der Waals surface area contributed by atoms with E-state index in [2.05, 4.69) is 20.9 Å². The van der Waals surface area contributed by atoms with Crippen molar-refractivity contribution in [1.82, 2.24) is 10.3 Å². The van der Waals surface area contributed by atoms with E-state index in [0.29, 0.717) is 39.8 Å². The number of urea groups is 1. The van der Waals surface area contributed by atoms with Gasteiger partial charge in [-0.1, -0.05) is 24.3 Å². The average molecular weight is 571 g/mol. The van der Waals surface area contributed by atoms with Gasteiger partial charge in [0.25, 0.3) is 0 Å². The van der Waals surface area contributed by atoms with Crippen LogP contribution in [0, 0.1) is 0 Å². The highest BCUT2D eigenvalue weighted by molar-refractivity contribution is 6.00. The van der Waals surface area contributed by atoms with Crippen LogP contribution in [0.2, 0.25) is 0 Å². The maximum Gasteiger partial charge on any atom is 0.412 e. The van der Waals surface area contributed by atoms with Crippen molar-refractivity contribution in [3.05, 3.63) is 96.5 Å². The van der Waals surface area contributed by atoms with Crippen LogP contribution in [0.3, 0.4) is 0 Å². The first-order valence-corrected chi connectivity index (χ1v) is 13.0. The molecule has 3 aromatic carbocycles. The summed E-state index contributed by atoms with van der Waals surface area (Å²) in [5, 5.41) is 8.22. The Morgan fingerprint density at radius 2 is 1.76 bits per heavy atom. The zero-order valence-electron chi connectivity index (χ0n) is 23.2. The monoisotopic (exact) mass is 570 g/mol. The second kappa shape index (κ2) is 14.2. The molecule has 0 aliphatic heterocycles. The van der Waals surface area contributed by atoms with Crippen molar-refractivity contribution >= 4 is 35.5 Å². The number of oxazole rings is 1. The summed E-state index contributed by atoms with van der Waals surface area (Å²) in [5.74, 6) is 0.910. The van der Waals surface area contributed by atoms with E-state index in [4.69, 9.17) is 18.6 Å². The van der Waals surface area contributed by atoms with Crippen LogP contribution in [0.15, 0.2) is 89.8 Å². The van der Waals surface area contributed by atoms with E-state index in [9.17, 15) is 14.4 Å². The summed E-state index contributed by atoms with van der Waals surface area (Å²) in [4.78, 5) is 40.6. The van der Waals surface area contributed by atoms with Gasteiger partial charge in [0.05, 0.1) is 25.0 Å². The van der Waals surface area contributed by atoms with E-state index in [0.717, 1.165) is 5.56 Å². The minimum Gasteiger partial charge on any atom is -0.496 e. The van der Waals surface area contributed by atoms with Gasteiger partial charge in [0.1, 0.15) is 11.5 Å². The highest BCUT2D eigenvalue weighted by atomic mass is 16.6. The van der Waals surface area contributed by atoms with Gasteiger partial charge in [0.15, 0.2) is 12.2 Å². The van der Waals surface area contributed by atoms with Crippen molar-refractivity contribution in [1.29, 1.82) is 0 Å². The minimum absolute atomic E-state index is 0.164. The van der Waals surface area contributed by atoms with Crippen molar-refractivity contribution < 1.29 is 33.0 Å². The Morgan fingerprint density at radius 1 is 0.976 bits per heavy atom. The molecular weight excluding hydrogens is 540 g/mol. The SMILES string of the molecule is COc1cc(NC(=O)Nc2cccc(CNC(=O)Oc3cccc(/C=C/C(=O)OC(C)C)c3)c2)ccc1-c1cnco1. The lowest BCUT2D eigenvalue weighted by Crippen LogP contribution is -2.26. The maximum atomic E-state index is 12.6. The van der Waals surface area contributed by atoms with E-state index in [-0.39, 0.29) is 12.6 Å². The summed E-state index contributed by atoms with van der Waals surface area (Å²) in [6.45, 7) is 3.70. The third-order valence-corrected chi connectivity index (χ3v) is 5.61. The molecule has 0 bridgehead atoms. The number of benzene rings is 3. The van der Waals surface area contributed by atoms with E-state index < -0.39 is 18.1 Å².